The van der Waals surface area contributed by atoms with Gasteiger partial charge in [-0.25, -0.2) is 0 Å². The van der Waals surface area contributed by atoms with Gasteiger partial charge in [-0.1, -0.05) is 0 Å². The lowest BCUT2D eigenvalue weighted by molar-refractivity contribution is 0.317. The highest BCUT2D eigenvalue weighted by atomic mass is 15.3. The third kappa shape index (κ3) is 1.96. The first-order valence-corrected chi connectivity index (χ1v) is 5.12. The molecule has 2 heterocycles. The Labute approximate surface area is 84.7 Å². The van der Waals surface area contributed by atoms with Crippen molar-refractivity contribution < 1.29 is 0 Å². The first kappa shape index (κ1) is 9.68. The van der Waals surface area contributed by atoms with Crippen LogP contribution in [0.4, 0.5) is 0 Å². The molecule has 0 aliphatic carbocycles. The minimum Gasteiger partial charge on any atom is -0.326 e. The topological polar surface area (TPSA) is 47.1 Å². The predicted molar refractivity (Wildman–Crippen MR) is 55.8 cm³/mol. The summed E-state index contributed by atoms with van der Waals surface area (Å²) in [5.41, 5.74) is 8.22. The maximum atomic E-state index is 5.86. The molecule has 0 saturated carbocycles. The minimum absolute atomic E-state index is 0.365. The van der Waals surface area contributed by atoms with E-state index in [1.54, 1.807) is 0 Å². The molecule has 1 aliphatic heterocycles. The summed E-state index contributed by atoms with van der Waals surface area (Å²) in [6, 6.07) is 2.51. The Morgan fingerprint density at radius 1 is 1.64 bits per heavy atom. The fourth-order valence-corrected chi connectivity index (χ4v) is 2.05. The molecule has 4 nitrogen and oxygen atoms in total. The van der Waals surface area contributed by atoms with Gasteiger partial charge in [-0.3, -0.25) is 9.58 Å². The van der Waals surface area contributed by atoms with Gasteiger partial charge >= 0.3 is 0 Å². The molecule has 0 radical (unpaired) electrons. The van der Waals surface area contributed by atoms with Gasteiger partial charge < -0.3 is 5.73 Å². The number of aromatic nitrogens is 2. The Balaban J connectivity index is 2.00. The van der Waals surface area contributed by atoms with E-state index in [1.165, 1.54) is 5.69 Å². The van der Waals surface area contributed by atoms with Crippen LogP contribution in [-0.2, 0) is 13.6 Å². The molecular weight excluding hydrogens is 176 g/mol. The van der Waals surface area contributed by atoms with Crippen molar-refractivity contribution >= 4 is 0 Å². The first-order chi connectivity index (χ1) is 6.65. The Morgan fingerprint density at radius 3 is 2.93 bits per heavy atom. The van der Waals surface area contributed by atoms with Crippen molar-refractivity contribution in [1.82, 2.24) is 14.7 Å². The van der Waals surface area contributed by atoms with Gasteiger partial charge in [0.1, 0.15) is 0 Å². The van der Waals surface area contributed by atoms with Crippen LogP contribution in [0.2, 0.25) is 0 Å². The molecule has 14 heavy (non-hydrogen) atoms. The fraction of sp³-hybridized carbons (Fsp3) is 0.700. The number of hydrogen-bond acceptors (Lipinski definition) is 3. The number of nitrogens with two attached hydrogens (primary N) is 1. The lowest BCUT2D eigenvalue weighted by Crippen LogP contribution is -2.26. The van der Waals surface area contributed by atoms with E-state index in [-0.39, 0.29) is 0 Å². The van der Waals surface area contributed by atoms with E-state index in [9.17, 15) is 0 Å². The van der Waals surface area contributed by atoms with Crippen LogP contribution in [0.1, 0.15) is 17.8 Å². The van der Waals surface area contributed by atoms with E-state index in [0.29, 0.717) is 6.04 Å². The Bertz CT molecular complexity index is 318. The molecular formula is C10H18N4. The summed E-state index contributed by atoms with van der Waals surface area (Å²) in [7, 11) is 2.00. The molecule has 0 aromatic carbocycles. The maximum absolute atomic E-state index is 5.86. The largest absolute Gasteiger partial charge is 0.326 e. The van der Waals surface area contributed by atoms with Crippen LogP contribution >= 0.6 is 0 Å². The van der Waals surface area contributed by atoms with Gasteiger partial charge in [0.05, 0.1) is 11.4 Å². The summed E-state index contributed by atoms with van der Waals surface area (Å²) in [5.74, 6) is 0. The highest BCUT2D eigenvalue weighted by Crippen LogP contribution is 2.12. The van der Waals surface area contributed by atoms with Gasteiger partial charge in [0.25, 0.3) is 0 Å². The van der Waals surface area contributed by atoms with Crippen LogP contribution < -0.4 is 5.73 Å². The summed E-state index contributed by atoms with van der Waals surface area (Å²) >= 11 is 0. The second kappa shape index (κ2) is 3.71. The van der Waals surface area contributed by atoms with Gasteiger partial charge in [-0.05, 0) is 19.4 Å². The van der Waals surface area contributed by atoms with Gasteiger partial charge in [-0.15, -0.1) is 0 Å². The van der Waals surface area contributed by atoms with Crippen molar-refractivity contribution in [2.24, 2.45) is 12.8 Å². The highest BCUT2D eigenvalue weighted by molar-refractivity contribution is 5.08. The third-order valence-corrected chi connectivity index (χ3v) is 2.79. The molecule has 4 heteroatoms. The zero-order valence-corrected chi connectivity index (χ0v) is 8.90. The van der Waals surface area contributed by atoms with Crippen molar-refractivity contribution in [3.63, 3.8) is 0 Å². The SMILES string of the molecule is Cc1cc(CN2CC[C@H](N)C2)n(C)n1. The monoisotopic (exact) mass is 194 g/mol. The Hall–Kier alpha value is -0.870. The molecule has 2 rings (SSSR count). The van der Waals surface area contributed by atoms with Crippen LogP contribution in [0, 0.1) is 6.92 Å². The summed E-state index contributed by atoms with van der Waals surface area (Å²) in [6.07, 6.45) is 1.12. The van der Waals surface area contributed by atoms with Crippen LogP contribution in [0.15, 0.2) is 6.07 Å². The molecule has 0 amide bonds. The minimum atomic E-state index is 0.365. The van der Waals surface area contributed by atoms with Gasteiger partial charge in [0.2, 0.25) is 0 Å². The number of likely N-dealkylation sites (tertiary alicyclic amines) is 1. The number of rotatable bonds is 2. The standard InChI is InChI=1S/C10H18N4/c1-8-5-10(13(2)12-8)7-14-4-3-9(11)6-14/h5,9H,3-4,6-7,11H2,1-2H3/t9-/m0/s1. The van der Waals surface area contributed by atoms with E-state index >= 15 is 0 Å². The molecule has 1 aliphatic rings. The Kier molecular flexibility index (Phi) is 2.56. The molecule has 1 aromatic heterocycles. The second-order valence-electron chi connectivity index (χ2n) is 4.18. The lowest BCUT2D eigenvalue weighted by atomic mass is 10.3. The summed E-state index contributed by atoms with van der Waals surface area (Å²) < 4.78 is 1.96. The zero-order chi connectivity index (χ0) is 10.1. The molecule has 0 bridgehead atoms. The normalized spacial score (nSPS) is 23.2. The molecule has 0 spiro atoms. The lowest BCUT2D eigenvalue weighted by Gasteiger charge is -2.14. The molecule has 1 fully saturated rings. The number of hydrogen-bond donors (Lipinski definition) is 1. The smallest absolute Gasteiger partial charge is 0.0597 e. The van der Waals surface area contributed by atoms with E-state index in [1.807, 2.05) is 18.7 Å². The van der Waals surface area contributed by atoms with Crippen molar-refractivity contribution in [1.29, 1.82) is 0 Å². The van der Waals surface area contributed by atoms with Crippen molar-refractivity contribution in [3.05, 3.63) is 17.5 Å². The maximum Gasteiger partial charge on any atom is 0.0597 e. The number of nitrogens with zero attached hydrogens (tertiary/aromatic N) is 3. The fourth-order valence-electron chi connectivity index (χ4n) is 2.05. The third-order valence-electron chi connectivity index (χ3n) is 2.79. The summed E-state index contributed by atoms with van der Waals surface area (Å²) in [6.45, 7) is 5.14. The first-order valence-electron chi connectivity index (χ1n) is 5.12. The number of aryl methyl sites for hydroxylation is 2. The van der Waals surface area contributed by atoms with Crippen LogP contribution in [0.3, 0.4) is 0 Å². The van der Waals surface area contributed by atoms with Crippen molar-refractivity contribution in [2.75, 3.05) is 13.1 Å². The van der Waals surface area contributed by atoms with Crippen LogP contribution in [0.5, 0.6) is 0 Å². The average molecular weight is 194 g/mol. The molecule has 1 saturated heterocycles. The van der Waals surface area contributed by atoms with Gasteiger partial charge in [0, 0.05) is 32.7 Å². The predicted octanol–water partition coefficient (Wildman–Crippen LogP) is 0.262. The molecule has 0 unspecified atom stereocenters. The van der Waals surface area contributed by atoms with E-state index in [4.69, 9.17) is 5.73 Å². The second-order valence-corrected chi connectivity index (χ2v) is 4.18. The van der Waals surface area contributed by atoms with Crippen LogP contribution in [0.25, 0.3) is 0 Å². The molecule has 1 atom stereocenters. The Morgan fingerprint density at radius 2 is 2.43 bits per heavy atom. The molecule has 2 N–H and O–H groups in total. The van der Waals surface area contributed by atoms with E-state index in [2.05, 4.69) is 16.1 Å². The molecule has 1 aromatic rings. The highest BCUT2D eigenvalue weighted by Gasteiger charge is 2.19. The van der Waals surface area contributed by atoms with Crippen molar-refractivity contribution in [2.45, 2.75) is 25.9 Å². The zero-order valence-electron chi connectivity index (χ0n) is 8.90. The van der Waals surface area contributed by atoms with Crippen LogP contribution in [-0.4, -0.2) is 33.8 Å². The average Bonchev–Trinajstić information content (AvgIpc) is 2.61. The van der Waals surface area contributed by atoms with Gasteiger partial charge in [0.15, 0.2) is 0 Å². The quantitative estimate of drug-likeness (QED) is 0.734. The van der Waals surface area contributed by atoms with Crippen molar-refractivity contribution in [3.8, 4) is 0 Å². The van der Waals surface area contributed by atoms with Gasteiger partial charge in [-0.2, -0.15) is 5.10 Å². The van der Waals surface area contributed by atoms with E-state index < -0.39 is 0 Å². The summed E-state index contributed by atoms with van der Waals surface area (Å²) in [4.78, 5) is 2.39. The molecule has 78 valence electrons. The summed E-state index contributed by atoms with van der Waals surface area (Å²) in [5, 5.41) is 4.33. The van der Waals surface area contributed by atoms with E-state index in [0.717, 1.165) is 31.7 Å².